The topological polar surface area (TPSA) is 25.4 Å². The van der Waals surface area contributed by atoms with Gasteiger partial charge in [0.1, 0.15) is 0 Å². The van der Waals surface area contributed by atoms with Crippen molar-refractivity contribution in [2.45, 2.75) is 32.4 Å². The quantitative estimate of drug-likeness (QED) is 0.764. The van der Waals surface area contributed by atoms with Crippen LogP contribution in [0.15, 0.2) is 24.4 Å². The number of hydrogen-bond acceptors (Lipinski definition) is 3. The van der Waals surface area contributed by atoms with E-state index in [1.807, 2.05) is 18.3 Å². The van der Waals surface area contributed by atoms with Gasteiger partial charge in [-0.15, -0.1) is 0 Å². The Kier molecular flexibility index (Phi) is 3.26. The van der Waals surface area contributed by atoms with Crippen molar-refractivity contribution in [1.29, 1.82) is 0 Å². The van der Waals surface area contributed by atoms with Crippen molar-refractivity contribution >= 4 is 0 Å². The van der Waals surface area contributed by atoms with Crippen LogP contribution in [0.1, 0.15) is 32.5 Å². The van der Waals surface area contributed by atoms with Crippen molar-refractivity contribution in [1.82, 2.24) is 9.88 Å². The summed E-state index contributed by atoms with van der Waals surface area (Å²) in [7, 11) is 0. The number of rotatable bonds is 2. The first-order chi connectivity index (χ1) is 7.58. The van der Waals surface area contributed by atoms with Crippen LogP contribution >= 0.6 is 0 Å². The minimum atomic E-state index is -0.0404. The summed E-state index contributed by atoms with van der Waals surface area (Å²) in [4.78, 5) is 6.86. The maximum Gasteiger partial charge on any atom is 0.0753 e. The second-order valence-electron chi connectivity index (χ2n) is 5.01. The first-order valence-electron chi connectivity index (χ1n) is 5.87. The van der Waals surface area contributed by atoms with Crippen LogP contribution in [0.5, 0.6) is 0 Å². The van der Waals surface area contributed by atoms with Gasteiger partial charge in [0, 0.05) is 25.3 Å². The lowest BCUT2D eigenvalue weighted by molar-refractivity contribution is -0.0962. The van der Waals surface area contributed by atoms with Crippen molar-refractivity contribution in [3.63, 3.8) is 0 Å². The zero-order chi connectivity index (χ0) is 11.6. The van der Waals surface area contributed by atoms with Gasteiger partial charge in [0.15, 0.2) is 0 Å². The zero-order valence-electron chi connectivity index (χ0n) is 10.3. The Morgan fingerprint density at radius 2 is 2.25 bits per heavy atom. The summed E-state index contributed by atoms with van der Waals surface area (Å²) >= 11 is 0. The molecule has 0 saturated carbocycles. The zero-order valence-corrected chi connectivity index (χ0v) is 10.3. The van der Waals surface area contributed by atoms with Crippen LogP contribution in [0, 0.1) is 0 Å². The van der Waals surface area contributed by atoms with Crippen LogP contribution in [-0.4, -0.2) is 35.2 Å². The van der Waals surface area contributed by atoms with Gasteiger partial charge in [-0.1, -0.05) is 6.07 Å². The van der Waals surface area contributed by atoms with Gasteiger partial charge in [0.2, 0.25) is 0 Å². The molecule has 0 spiro atoms. The fraction of sp³-hybridized carbons (Fsp3) is 0.615. The summed E-state index contributed by atoms with van der Waals surface area (Å²) in [6.45, 7) is 9.26. The molecule has 1 aromatic rings. The van der Waals surface area contributed by atoms with Crippen molar-refractivity contribution in [2.24, 2.45) is 0 Å². The van der Waals surface area contributed by atoms with Crippen LogP contribution < -0.4 is 0 Å². The molecule has 16 heavy (non-hydrogen) atoms. The maximum absolute atomic E-state index is 5.72. The molecular weight excluding hydrogens is 200 g/mol. The number of aromatic nitrogens is 1. The molecule has 1 saturated heterocycles. The van der Waals surface area contributed by atoms with E-state index < -0.39 is 0 Å². The highest BCUT2D eigenvalue weighted by Gasteiger charge is 2.30. The van der Waals surface area contributed by atoms with Gasteiger partial charge in [0.05, 0.1) is 17.9 Å². The van der Waals surface area contributed by atoms with Gasteiger partial charge in [-0.05, 0) is 32.9 Å². The lowest BCUT2D eigenvalue weighted by atomic mass is 10.0. The molecule has 3 heteroatoms. The highest BCUT2D eigenvalue weighted by atomic mass is 16.5. The predicted octanol–water partition coefficient (Wildman–Crippen LogP) is 2.25. The third-order valence-corrected chi connectivity index (χ3v) is 3.12. The Morgan fingerprint density at radius 3 is 2.88 bits per heavy atom. The number of hydrogen-bond donors (Lipinski definition) is 0. The van der Waals surface area contributed by atoms with E-state index in [4.69, 9.17) is 4.74 Å². The Bertz CT molecular complexity index is 337. The van der Waals surface area contributed by atoms with Crippen molar-refractivity contribution in [3.05, 3.63) is 30.1 Å². The van der Waals surface area contributed by atoms with Crippen LogP contribution in [-0.2, 0) is 4.74 Å². The normalized spacial score (nSPS) is 22.9. The van der Waals surface area contributed by atoms with E-state index in [0.717, 1.165) is 25.4 Å². The fourth-order valence-electron chi connectivity index (χ4n) is 2.19. The van der Waals surface area contributed by atoms with Crippen LogP contribution in [0.4, 0.5) is 0 Å². The van der Waals surface area contributed by atoms with Gasteiger partial charge < -0.3 is 4.74 Å². The molecule has 1 aliphatic rings. The van der Waals surface area contributed by atoms with Gasteiger partial charge in [-0.2, -0.15) is 0 Å². The molecule has 3 nitrogen and oxygen atoms in total. The monoisotopic (exact) mass is 220 g/mol. The molecule has 2 rings (SSSR count). The number of morpholine rings is 1. The van der Waals surface area contributed by atoms with Gasteiger partial charge in [-0.25, -0.2) is 0 Å². The first-order valence-corrected chi connectivity index (χ1v) is 5.87. The Labute approximate surface area is 97.4 Å². The molecule has 0 amide bonds. The molecule has 1 aromatic heterocycles. The van der Waals surface area contributed by atoms with Crippen LogP contribution in [0.25, 0.3) is 0 Å². The summed E-state index contributed by atoms with van der Waals surface area (Å²) in [5, 5.41) is 0. The molecule has 2 heterocycles. The Hall–Kier alpha value is -0.930. The summed E-state index contributed by atoms with van der Waals surface area (Å²) < 4.78 is 5.72. The third-order valence-electron chi connectivity index (χ3n) is 3.12. The second-order valence-corrected chi connectivity index (χ2v) is 5.01. The van der Waals surface area contributed by atoms with E-state index in [0.29, 0.717) is 6.04 Å². The lowest BCUT2D eigenvalue weighted by Crippen LogP contribution is -2.49. The van der Waals surface area contributed by atoms with E-state index in [1.165, 1.54) is 0 Å². The van der Waals surface area contributed by atoms with Crippen molar-refractivity contribution in [2.75, 3.05) is 19.7 Å². The fourth-order valence-corrected chi connectivity index (χ4v) is 2.19. The SMILES string of the molecule is C[C@H](c1ccccn1)N1CCOC(C)(C)C1. The average Bonchev–Trinajstić information content (AvgIpc) is 2.28. The van der Waals surface area contributed by atoms with Crippen LogP contribution in [0.3, 0.4) is 0 Å². The van der Waals surface area contributed by atoms with E-state index in [2.05, 4.69) is 36.7 Å². The minimum absolute atomic E-state index is 0.0404. The first kappa shape index (κ1) is 11.6. The smallest absolute Gasteiger partial charge is 0.0753 e. The molecule has 0 bridgehead atoms. The van der Waals surface area contributed by atoms with Gasteiger partial charge in [-0.3, -0.25) is 9.88 Å². The molecule has 0 aromatic carbocycles. The number of pyridine rings is 1. The molecule has 1 aliphatic heterocycles. The van der Waals surface area contributed by atoms with E-state index in [1.54, 1.807) is 0 Å². The molecular formula is C13H20N2O. The van der Waals surface area contributed by atoms with Gasteiger partial charge in [0.25, 0.3) is 0 Å². The van der Waals surface area contributed by atoms with Crippen molar-refractivity contribution in [3.8, 4) is 0 Å². The molecule has 0 aliphatic carbocycles. The predicted molar refractivity (Wildman–Crippen MR) is 64.3 cm³/mol. The van der Waals surface area contributed by atoms with Crippen LogP contribution in [0.2, 0.25) is 0 Å². The van der Waals surface area contributed by atoms with E-state index in [9.17, 15) is 0 Å². The number of nitrogens with zero attached hydrogens (tertiary/aromatic N) is 2. The maximum atomic E-state index is 5.72. The Morgan fingerprint density at radius 1 is 1.44 bits per heavy atom. The van der Waals surface area contributed by atoms with E-state index in [-0.39, 0.29) is 5.60 Å². The minimum Gasteiger partial charge on any atom is -0.373 e. The molecule has 88 valence electrons. The lowest BCUT2D eigenvalue weighted by Gasteiger charge is -2.41. The summed E-state index contributed by atoms with van der Waals surface area (Å²) in [5.74, 6) is 0. The molecule has 1 atom stereocenters. The Balaban J connectivity index is 2.08. The second kappa shape index (κ2) is 4.52. The third kappa shape index (κ3) is 2.60. The van der Waals surface area contributed by atoms with Gasteiger partial charge >= 0.3 is 0 Å². The highest BCUT2D eigenvalue weighted by Crippen LogP contribution is 2.24. The number of ether oxygens (including phenoxy) is 1. The summed E-state index contributed by atoms with van der Waals surface area (Å²) in [6, 6.07) is 6.46. The average molecular weight is 220 g/mol. The van der Waals surface area contributed by atoms with Crippen molar-refractivity contribution < 1.29 is 4.74 Å². The summed E-state index contributed by atoms with van der Waals surface area (Å²) in [6.07, 6.45) is 1.86. The van der Waals surface area contributed by atoms with E-state index >= 15 is 0 Å². The standard InChI is InChI=1S/C13H20N2O/c1-11(12-6-4-5-7-14-12)15-8-9-16-13(2,3)10-15/h4-7,11H,8-10H2,1-3H3/t11-/m1/s1. The highest BCUT2D eigenvalue weighted by molar-refractivity contribution is 5.08. The molecule has 0 N–H and O–H groups in total. The molecule has 0 radical (unpaired) electrons. The molecule has 1 fully saturated rings. The molecule has 0 unspecified atom stereocenters. The summed E-state index contributed by atoms with van der Waals surface area (Å²) in [5.41, 5.74) is 1.10. The largest absolute Gasteiger partial charge is 0.373 e.